The van der Waals surface area contributed by atoms with E-state index in [0.717, 1.165) is 16.5 Å². The van der Waals surface area contributed by atoms with Crippen LogP contribution in [-0.2, 0) is 20.4 Å². The smallest absolute Gasteiger partial charge is 0.358 e. The number of nitrogens with zero attached hydrogens (tertiary/aromatic N) is 2. The number of fused-ring (bicyclic) bond motifs is 3. The molecule has 0 bridgehead atoms. The second-order valence-corrected chi connectivity index (χ2v) is 3.88. The van der Waals surface area contributed by atoms with Gasteiger partial charge in [-0.25, -0.2) is 0 Å². The van der Waals surface area contributed by atoms with E-state index in [1.54, 1.807) is 6.07 Å². The monoisotopic (exact) mass is 354 g/mol. The minimum absolute atomic E-state index is 0. The van der Waals surface area contributed by atoms with Gasteiger partial charge in [0.15, 0.2) is 0 Å². The zero-order valence-electron chi connectivity index (χ0n) is 11.5. The van der Waals surface area contributed by atoms with E-state index in [1.807, 2.05) is 24.4 Å². The average molecular weight is 355 g/mol. The first-order chi connectivity index (χ1) is 8.77. The first-order valence-electron chi connectivity index (χ1n) is 5.67. The molecule has 0 atom stereocenters. The zero-order chi connectivity index (χ0) is 13.0. The van der Waals surface area contributed by atoms with Crippen LogP contribution in [0.5, 0.6) is 0 Å². The van der Waals surface area contributed by atoms with E-state index in [9.17, 15) is 0 Å². The van der Waals surface area contributed by atoms with Crippen LogP contribution in [-0.4, -0.2) is 4.98 Å². The van der Waals surface area contributed by atoms with Crippen LogP contribution in [0.1, 0.15) is 12.5 Å². The molecule has 0 aliphatic rings. The molecule has 3 aromatic rings. The Kier molecular flexibility index (Phi) is 7.55. The Morgan fingerprint density at radius 2 is 1.65 bits per heavy atom. The maximum Gasteiger partial charge on any atom is 2.00 e. The predicted octanol–water partition coefficient (Wildman–Crippen LogP) is 4.55. The molecule has 0 amide bonds. The summed E-state index contributed by atoms with van der Waals surface area (Å²) < 4.78 is 0. The van der Waals surface area contributed by atoms with Crippen molar-refractivity contribution in [3.8, 4) is 6.07 Å². The van der Waals surface area contributed by atoms with Crippen molar-refractivity contribution >= 4 is 21.7 Å². The maximum atomic E-state index is 7.32. The van der Waals surface area contributed by atoms with Crippen LogP contribution in [0.15, 0.2) is 48.7 Å². The zero-order valence-corrected chi connectivity index (χ0v) is 13.1. The Morgan fingerprint density at radius 3 is 2.35 bits per heavy atom. The van der Waals surface area contributed by atoms with Crippen molar-refractivity contribution in [1.29, 1.82) is 5.26 Å². The first kappa shape index (κ1) is 18.1. The third-order valence-corrected chi connectivity index (χ3v) is 2.70. The molecule has 0 radical (unpaired) electrons. The molecule has 1 heterocycles. The molecule has 0 saturated carbocycles. The fraction of sp³-hybridized carbons (Fsp3) is 0.0588. The predicted molar refractivity (Wildman–Crippen MR) is 81.4 cm³/mol. The van der Waals surface area contributed by atoms with Gasteiger partial charge in [0.2, 0.25) is 0 Å². The summed E-state index contributed by atoms with van der Waals surface area (Å²) in [7, 11) is 0. The Morgan fingerprint density at radius 1 is 1.05 bits per heavy atom. The summed E-state index contributed by atoms with van der Waals surface area (Å²) in [5, 5.41) is 10.9. The molecule has 0 fully saturated rings. The number of hydrogen-bond acceptors (Lipinski definition) is 2. The van der Waals surface area contributed by atoms with Crippen LogP contribution in [0, 0.1) is 25.7 Å². The van der Waals surface area contributed by atoms with Crippen LogP contribution in [0.3, 0.4) is 0 Å². The van der Waals surface area contributed by atoms with Gasteiger partial charge < -0.3 is 7.43 Å². The van der Waals surface area contributed by atoms with Gasteiger partial charge in [0.05, 0.1) is 6.07 Å². The number of pyridine rings is 1. The average Bonchev–Trinajstić information content (AvgIpc) is 2.39. The summed E-state index contributed by atoms with van der Waals surface area (Å²) in [5.74, 6) is 0. The second-order valence-electron chi connectivity index (χ2n) is 3.88. The van der Waals surface area contributed by atoms with Crippen molar-refractivity contribution in [3.63, 3.8) is 0 Å². The van der Waals surface area contributed by atoms with Gasteiger partial charge in [-0.3, -0.25) is 4.98 Å². The van der Waals surface area contributed by atoms with Gasteiger partial charge in [-0.15, -0.1) is 6.07 Å². The van der Waals surface area contributed by atoms with Crippen molar-refractivity contribution in [2.75, 3.05) is 0 Å². The number of nitriles is 1. The van der Waals surface area contributed by atoms with E-state index in [2.05, 4.69) is 36.2 Å². The summed E-state index contributed by atoms with van der Waals surface area (Å²) in [6.07, 6.45) is 1.83. The quantitative estimate of drug-likeness (QED) is 0.337. The third kappa shape index (κ3) is 3.58. The van der Waals surface area contributed by atoms with Gasteiger partial charge >= 0.3 is 20.4 Å². The van der Waals surface area contributed by atoms with E-state index in [-0.39, 0.29) is 27.8 Å². The first-order valence-corrected chi connectivity index (χ1v) is 5.67. The Balaban J connectivity index is 0.000000668. The molecule has 104 valence electrons. The third-order valence-electron chi connectivity index (χ3n) is 2.70. The molecule has 0 unspecified atom stereocenters. The molecule has 0 aliphatic heterocycles. The largest absolute Gasteiger partial charge is 2.00 e. The van der Waals surface area contributed by atoms with E-state index >= 15 is 0 Å². The van der Waals surface area contributed by atoms with Gasteiger partial charge in [0.25, 0.3) is 0 Å². The molecule has 20 heavy (non-hydrogen) atoms. The molecule has 0 spiro atoms. The summed E-state index contributed by atoms with van der Waals surface area (Å²) >= 11 is 0. The van der Waals surface area contributed by atoms with E-state index in [4.69, 9.17) is 5.26 Å². The molecule has 0 N–H and O–H groups in total. The Bertz CT molecular complexity index is 730. The van der Waals surface area contributed by atoms with Gasteiger partial charge in [0, 0.05) is 18.6 Å². The van der Waals surface area contributed by atoms with Crippen molar-refractivity contribution in [1.82, 2.24) is 4.98 Å². The Hall–Kier alpha value is -1.87. The van der Waals surface area contributed by atoms with Gasteiger partial charge in [0.1, 0.15) is 0 Å². The standard InChI is InChI=1S/C14H10N.C2H3N.CH3.Pd/c1-10-4-2-5-11-7-8-12-6-3-9-15-14(12)13(10)11;1-2-3;;/h2-9H,1H2;1H3;1H3;/q-1;;-1;+2. The van der Waals surface area contributed by atoms with Gasteiger partial charge in [-0.1, -0.05) is 35.0 Å². The van der Waals surface area contributed by atoms with Gasteiger partial charge in [-0.2, -0.15) is 23.8 Å². The number of aromatic nitrogens is 1. The summed E-state index contributed by atoms with van der Waals surface area (Å²) in [6, 6.07) is 16.2. The Labute approximate surface area is 134 Å². The van der Waals surface area contributed by atoms with Crippen LogP contribution in [0.25, 0.3) is 21.7 Å². The van der Waals surface area contributed by atoms with Crippen molar-refractivity contribution < 1.29 is 20.4 Å². The van der Waals surface area contributed by atoms with Crippen molar-refractivity contribution in [2.45, 2.75) is 6.92 Å². The summed E-state index contributed by atoms with van der Waals surface area (Å²) in [5.41, 5.74) is 2.08. The molecule has 2 aromatic carbocycles. The van der Waals surface area contributed by atoms with Crippen LogP contribution < -0.4 is 0 Å². The van der Waals surface area contributed by atoms with E-state index < -0.39 is 0 Å². The van der Waals surface area contributed by atoms with Crippen molar-refractivity contribution in [2.24, 2.45) is 0 Å². The molecular weight excluding hydrogens is 339 g/mol. The van der Waals surface area contributed by atoms with Crippen LogP contribution in [0.2, 0.25) is 0 Å². The van der Waals surface area contributed by atoms with Crippen molar-refractivity contribution in [3.05, 3.63) is 68.6 Å². The second kappa shape index (κ2) is 8.33. The topological polar surface area (TPSA) is 36.7 Å². The van der Waals surface area contributed by atoms with Crippen LogP contribution in [0.4, 0.5) is 0 Å². The summed E-state index contributed by atoms with van der Waals surface area (Å²) in [6.45, 7) is 5.49. The van der Waals surface area contributed by atoms with Crippen LogP contribution >= 0.6 is 0 Å². The number of rotatable bonds is 0. The minimum Gasteiger partial charge on any atom is -0.358 e. The maximum absolute atomic E-state index is 7.32. The number of hydrogen-bond donors (Lipinski definition) is 0. The SMILES string of the molecule is CC#N.[CH2-]c1cccc2ccc3cccnc3c12.[CH3-].[Pd+2]. The molecule has 2 nitrogen and oxygen atoms in total. The molecule has 1 aromatic heterocycles. The summed E-state index contributed by atoms with van der Waals surface area (Å²) in [4.78, 5) is 4.43. The molecular formula is C17H16N2Pd. The number of benzene rings is 2. The molecule has 0 saturated heterocycles. The normalized spacial score (nSPS) is 8.60. The van der Waals surface area contributed by atoms with E-state index in [1.165, 1.54) is 17.7 Å². The minimum atomic E-state index is 0. The van der Waals surface area contributed by atoms with E-state index in [0.29, 0.717) is 0 Å². The fourth-order valence-corrected chi connectivity index (χ4v) is 1.99. The molecule has 3 heteroatoms. The van der Waals surface area contributed by atoms with Gasteiger partial charge in [-0.05, 0) is 11.5 Å². The molecule has 3 rings (SSSR count). The molecule has 0 aliphatic carbocycles. The fourth-order valence-electron chi connectivity index (χ4n) is 1.99.